The van der Waals surface area contributed by atoms with Gasteiger partial charge in [0.1, 0.15) is 47.5 Å². The molecule has 0 aromatic carbocycles. The molecule has 5 aliphatic rings. The molecule has 5 N–H and O–H groups in total. The normalized spacial score (nSPS) is 42.0. The van der Waals surface area contributed by atoms with Gasteiger partial charge >= 0.3 is 13.5 Å². The van der Waals surface area contributed by atoms with Crippen molar-refractivity contribution in [2.24, 2.45) is 9.98 Å². The number of imidazole rings is 1. The van der Waals surface area contributed by atoms with Crippen LogP contribution in [0.3, 0.4) is 0 Å². The summed E-state index contributed by atoms with van der Waals surface area (Å²) >= 11 is 10.1. The van der Waals surface area contributed by atoms with Gasteiger partial charge in [-0.3, -0.25) is 38.7 Å². The van der Waals surface area contributed by atoms with Crippen molar-refractivity contribution in [3.8, 4) is 0 Å². The molecule has 45 heavy (non-hydrogen) atoms. The summed E-state index contributed by atoms with van der Waals surface area (Å²) in [6.07, 6.45) is -6.26. The van der Waals surface area contributed by atoms with Crippen LogP contribution >= 0.6 is 37.5 Å². The van der Waals surface area contributed by atoms with Crippen molar-refractivity contribution < 1.29 is 45.9 Å². The van der Waals surface area contributed by atoms with Gasteiger partial charge in [-0.2, -0.15) is 4.99 Å². The van der Waals surface area contributed by atoms with E-state index in [0.717, 1.165) is 18.1 Å². The lowest BCUT2D eigenvalue weighted by Gasteiger charge is -2.31. The van der Waals surface area contributed by atoms with Crippen LogP contribution in [0.5, 0.6) is 0 Å². The van der Waals surface area contributed by atoms with E-state index in [-0.39, 0.29) is 22.8 Å². The minimum absolute atomic E-state index is 0.0246. The molecule has 242 valence electrons. The predicted octanol–water partition coefficient (Wildman–Crippen LogP) is 0.671. The van der Waals surface area contributed by atoms with Crippen molar-refractivity contribution in [2.45, 2.75) is 53.5 Å². The van der Waals surface area contributed by atoms with Crippen molar-refractivity contribution in [2.75, 3.05) is 18.9 Å². The Labute approximate surface area is 265 Å². The number of nitrogens with two attached hydrogens (primary N) is 1. The molecule has 25 heteroatoms. The topological polar surface area (TPSA) is 234 Å². The minimum Gasteiger partial charge on any atom is -0.382 e. The smallest absolute Gasteiger partial charge is 0.382 e. The van der Waals surface area contributed by atoms with E-state index in [9.17, 15) is 14.3 Å². The molecule has 0 spiro atoms. The van der Waals surface area contributed by atoms with Crippen LogP contribution in [-0.4, -0.2) is 114 Å². The van der Waals surface area contributed by atoms with Gasteiger partial charge in [-0.1, -0.05) is 12.2 Å². The monoisotopic (exact) mass is 726 g/mol. The largest absolute Gasteiger partial charge is 0.386 e. The van der Waals surface area contributed by atoms with E-state index < -0.39 is 92.1 Å². The van der Waals surface area contributed by atoms with Gasteiger partial charge in [0.25, 0.3) is 5.91 Å². The third-order valence-electron chi connectivity index (χ3n) is 7.35. The number of nitrogen functional groups attached to an aromatic ring is 1. The van der Waals surface area contributed by atoms with Gasteiger partial charge in [0, 0.05) is 0 Å². The molecule has 0 radical (unpaired) electrons. The number of aliphatic imine (C=N–C) groups is 2. The summed E-state index contributed by atoms with van der Waals surface area (Å²) in [6, 6.07) is -1.09. The first-order chi connectivity index (χ1) is 21.3. The fourth-order valence-electron chi connectivity index (χ4n) is 5.34. The highest BCUT2D eigenvalue weighted by atomic mass is 32.7. The van der Waals surface area contributed by atoms with E-state index >= 15 is 8.78 Å². The van der Waals surface area contributed by atoms with E-state index in [2.05, 4.69) is 42.5 Å². The fourth-order valence-corrected chi connectivity index (χ4v) is 9.90. The molecule has 1 amide bonds. The second kappa shape index (κ2) is 11.5. The van der Waals surface area contributed by atoms with Gasteiger partial charge in [0.2, 0.25) is 5.96 Å². The summed E-state index contributed by atoms with van der Waals surface area (Å²) in [6.45, 7) is -9.89. The highest BCUT2D eigenvalue weighted by Gasteiger charge is 2.55. The SMILES string of the molecule is N=C1N=C2C(N=CN2[C@@H]2S[C@@H]3COP(O)(=S)O[C@H]4[C@H](F)[C@H](n5cnc6c(N)ncnc65)O[C@@H]4COP(=O)(S)O[C@@H]2[C@@H]3F)C(=O)N1. The molecule has 2 aromatic heterocycles. The Hall–Kier alpha value is -2.17. The van der Waals surface area contributed by atoms with E-state index in [4.69, 9.17) is 45.8 Å². The second-order valence-corrected chi connectivity index (χ2v) is 17.2. The van der Waals surface area contributed by atoms with E-state index in [1.54, 1.807) is 0 Å². The number of fused-ring (bicyclic) bond motifs is 5. The zero-order valence-corrected chi connectivity index (χ0v) is 26.6. The molecule has 3 fully saturated rings. The molecule has 7 heterocycles. The number of alkyl halides is 2. The van der Waals surface area contributed by atoms with Gasteiger partial charge in [-0.25, -0.2) is 28.3 Å². The lowest BCUT2D eigenvalue weighted by molar-refractivity contribution is -0.119. The predicted molar refractivity (Wildman–Crippen MR) is 161 cm³/mol. The zero-order valence-electron chi connectivity index (χ0n) is 22.3. The van der Waals surface area contributed by atoms with Crippen LogP contribution in [0, 0.1) is 5.41 Å². The fraction of sp³-hybridized carbons (Fsp3) is 0.550. The van der Waals surface area contributed by atoms with Crippen LogP contribution in [0.1, 0.15) is 6.23 Å². The second-order valence-electron chi connectivity index (χ2n) is 10.2. The van der Waals surface area contributed by atoms with Gasteiger partial charge in [0.15, 0.2) is 29.9 Å². The molecule has 0 saturated carbocycles. The maximum Gasteiger partial charge on any atom is 0.386 e. The molecule has 2 aromatic rings. The summed E-state index contributed by atoms with van der Waals surface area (Å²) in [7, 11) is 0. The lowest BCUT2D eigenvalue weighted by atomic mass is 10.1. The third kappa shape index (κ3) is 5.71. The van der Waals surface area contributed by atoms with Gasteiger partial charge in [-0.15, -0.1) is 11.8 Å². The maximum atomic E-state index is 16.0. The van der Waals surface area contributed by atoms with E-state index in [0.29, 0.717) is 0 Å². The standard InChI is InChI=1S/C20H22F2N10O8P2S3/c21-8-7-2-37-42(35,44)39-12-6(38-18(9(12)22)31-4-27-10-14(23)25-3-26-15(10)31)1-36-41(34,43)40-13(8)19(45-7)32-5-28-11-16(32)29-20(24)30-17(11)33/h3-9,11-13,18-19H,1-2H2,(H,34,43)(H,35,44)(H2,23,25,26)(H2,24,30,33)/t6-,7-,8-,9+,11?,12-,13-,18-,19-,41?,42?/m1/s1. The van der Waals surface area contributed by atoms with Crippen molar-refractivity contribution in [1.29, 1.82) is 5.41 Å². The first-order valence-electron chi connectivity index (χ1n) is 12.9. The van der Waals surface area contributed by atoms with Gasteiger partial charge in [0.05, 0.1) is 31.1 Å². The van der Waals surface area contributed by atoms with E-state index in [1.165, 1.54) is 22.1 Å². The zero-order chi connectivity index (χ0) is 31.8. The van der Waals surface area contributed by atoms with Crippen LogP contribution in [0.2, 0.25) is 0 Å². The van der Waals surface area contributed by atoms with Gasteiger partial charge in [-0.05, 0) is 11.8 Å². The number of thioether (sulfide) groups is 1. The van der Waals surface area contributed by atoms with Crippen LogP contribution in [0.15, 0.2) is 22.6 Å². The molecular weight excluding hydrogens is 704 g/mol. The quantitative estimate of drug-likeness (QED) is 0.211. The number of nitrogens with zero attached hydrogens (tertiary/aromatic N) is 7. The maximum absolute atomic E-state index is 16.0. The van der Waals surface area contributed by atoms with Gasteiger partial charge < -0.3 is 24.8 Å². The third-order valence-corrected chi connectivity index (χ3v) is 12.0. The number of hydrogen-bond acceptors (Lipinski definition) is 16. The molecular formula is C20H22F2N10O8P2S3. The van der Waals surface area contributed by atoms with Crippen LogP contribution in [0.4, 0.5) is 14.6 Å². The number of ether oxygens (including phenoxy) is 1. The number of guanidine groups is 1. The number of nitrogens with one attached hydrogen (secondary N) is 2. The Kier molecular flexibility index (Phi) is 8.04. The van der Waals surface area contributed by atoms with Crippen molar-refractivity contribution >= 4 is 90.4 Å². The van der Waals surface area contributed by atoms with Crippen LogP contribution in [0.25, 0.3) is 11.2 Å². The summed E-state index contributed by atoms with van der Waals surface area (Å²) in [5, 5.41) is 7.87. The summed E-state index contributed by atoms with van der Waals surface area (Å²) in [5.41, 5.74) is 6.17. The summed E-state index contributed by atoms with van der Waals surface area (Å²) in [5.74, 6) is -0.986. The minimum atomic E-state index is -4.43. The van der Waals surface area contributed by atoms with Crippen molar-refractivity contribution in [3.63, 3.8) is 0 Å². The molecule has 5 aliphatic heterocycles. The Morgan fingerprint density at radius 2 is 2.00 bits per heavy atom. The number of amides is 1. The number of carbonyl (C=O) groups is 1. The average Bonchev–Trinajstić information content (AvgIpc) is 3.72. The Bertz CT molecular complexity index is 1740. The molecule has 3 unspecified atom stereocenters. The Morgan fingerprint density at radius 3 is 2.80 bits per heavy atom. The first kappa shape index (κ1) is 31.4. The highest BCUT2D eigenvalue weighted by molar-refractivity contribution is 8.44. The molecule has 0 aliphatic carbocycles. The summed E-state index contributed by atoms with van der Waals surface area (Å²) in [4.78, 5) is 44.8. The molecule has 11 atom stereocenters. The number of rotatable bonds is 2. The molecule has 3 saturated heterocycles. The number of hydrogen-bond donors (Lipinski definition) is 5. The lowest BCUT2D eigenvalue weighted by Crippen LogP contribution is -2.52. The number of aromatic nitrogens is 4. The summed E-state index contributed by atoms with van der Waals surface area (Å²) < 4.78 is 74.7. The highest BCUT2D eigenvalue weighted by Crippen LogP contribution is 2.59. The molecule has 18 nitrogen and oxygen atoms in total. The van der Waals surface area contributed by atoms with Crippen molar-refractivity contribution in [1.82, 2.24) is 29.7 Å². The number of carbonyl (C=O) groups excluding carboxylic acids is 1. The van der Waals surface area contributed by atoms with Crippen LogP contribution in [-0.2, 0) is 44.0 Å². The Balaban J connectivity index is 1.17. The van der Waals surface area contributed by atoms with Crippen molar-refractivity contribution in [3.05, 3.63) is 12.7 Å². The number of amidine groups is 1. The first-order valence-corrected chi connectivity index (χ1v) is 19.2. The molecule has 7 rings (SSSR count). The van der Waals surface area contributed by atoms with E-state index in [1.807, 2.05) is 0 Å². The van der Waals surface area contributed by atoms with Crippen LogP contribution < -0.4 is 11.1 Å². The number of thiol groups is 1. The number of halogens is 2. The Morgan fingerprint density at radius 1 is 1.20 bits per heavy atom. The molecule has 2 bridgehead atoms. The average molecular weight is 727 g/mol. The number of anilines is 1.